The van der Waals surface area contributed by atoms with E-state index in [2.05, 4.69) is 0 Å². The number of rotatable bonds is 7. The Balaban J connectivity index is 1.82. The Bertz CT molecular complexity index is 662. The maximum absolute atomic E-state index is 11.9. The number of carbonyl (C=O) groups is 2. The maximum Gasteiger partial charge on any atom is 0.344 e. The summed E-state index contributed by atoms with van der Waals surface area (Å²) in [5.41, 5.74) is 1.30. The predicted molar refractivity (Wildman–Crippen MR) is 88.7 cm³/mol. The minimum Gasteiger partial charge on any atom is -0.489 e. The fourth-order valence-electron chi connectivity index (χ4n) is 1.93. The predicted octanol–water partition coefficient (Wildman–Crippen LogP) is 3.37. The van der Waals surface area contributed by atoms with E-state index in [0.717, 1.165) is 11.3 Å². The van der Waals surface area contributed by atoms with Crippen molar-refractivity contribution in [2.45, 2.75) is 26.6 Å². The highest BCUT2D eigenvalue weighted by molar-refractivity contribution is 5.90. The van der Waals surface area contributed by atoms with Gasteiger partial charge in [0.05, 0.1) is 11.7 Å². The van der Waals surface area contributed by atoms with Gasteiger partial charge in [0, 0.05) is 0 Å². The molecule has 0 bridgehead atoms. The van der Waals surface area contributed by atoms with Crippen molar-refractivity contribution in [1.29, 1.82) is 0 Å². The van der Waals surface area contributed by atoms with Crippen LogP contribution in [0.5, 0.6) is 5.75 Å². The lowest BCUT2D eigenvalue weighted by Gasteiger charge is -2.09. The van der Waals surface area contributed by atoms with Crippen LogP contribution in [0.2, 0.25) is 0 Å². The Kier molecular flexibility index (Phi) is 6.37. The molecule has 0 amide bonds. The van der Waals surface area contributed by atoms with Crippen molar-refractivity contribution < 1.29 is 23.8 Å². The first kappa shape index (κ1) is 17.5. The molecule has 0 N–H and O–H groups in total. The molecule has 5 nitrogen and oxygen atoms in total. The van der Waals surface area contributed by atoms with E-state index in [0.29, 0.717) is 12.2 Å². The van der Waals surface area contributed by atoms with Gasteiger partial charge in [-0.05, 0) is 43.7 Å². The number of carbonyl (C=O) groups excluding carboxylic acids is 2. The summed E-state index contributed by atoms with van der Waals surface area (Å²) in [6.07, 6.45) is -0.236. The second-order valence-corrected chi connectivity index (χ2v) is 5.41. The van der Waals surface area contributed by atoms with Gasteiger partial charge in [0.1, 0.15) is 12.4 Å². The summed E-state index contributed by atoms with van der Waals surface area (Å²) in [5, 5.41) is 0. The van der Waals surface area contributed by atoms with Gasteiger partial charge >= 0.3 is 11.9 Å². The Labute approximate surface area is 141 Å². The average molecular weight is 328 g/mol. The normalized spacial score (nSPS) is 10.3. The summed E-state index contributed by atoms with van der Waals surface area (Å²) in [6.45, 7) is 3.47. The molecule has 0 radical (unpaired) electrons. The molecule has 5 heteroatoms. The smallest absolute Gasteiger partial charge is 0.344 e. The molecule has 0 heterocycles. The number of ether oxygens (including phenoxy) is 3. The molecule has 0 aromatic heterocycles. The second-order valence-electron chi connectivity index (χ2n) is 5.41. The number of para-hydroxylation sites is 1. The molecule has 0 aliphatic carbocycles. The van der Waals surface area contributed by atoms with Crippen molar-refractivity contribution in [3.63, 3.8) is 0 Å². The molecule has 0 saturated carbocycles. The first-order valence-electron chi connectivity index (χ1n) is 7.68. The fraction of sp³-hybridized carbons (Fsp3) is 0.263. The Morgan fingerprint density at radius 1 is 0.958 bits per heavy atom. The summed E-state index contributed by atoms with van der Waals surface area (Å²) < 4.78 is 15.4. The van der Waals surface area contributed by atoms with Crippen LogP contribution in [0.4, 0.5) is 0 Å². The third-order valence-electron chi connectivity index (χ3n) is 3.03. The SMILES string of the molecule is CC(C)OC(=O)COC(=O)c1ccc(COc2ccccc2)cc1. The van der Waals surface area contributed by atoms with Crippen LogP contribution >= 0.6 is 0 Å². The Morgan fingerprint density at radius 2 is 1.62 bits per heavy atom. The van der Waals surface area contributed by atoms with Crippen molar-refractivity contribution in [2.75, 3.05) is 6.61 Å². The van der Waals surface area contributed by atoms with Gasteiger partial charge in [0.25, 0.3) is 0 Å². The van der Waals surface area contributed by atoms with Crippen LogP contribution in [0.25, 0.3) is 0 Å². The van der Waals surface area contributed by atoms with Gasteiger partial charge < -0.3 is 14.2 Å². The molecule has 0 aliphatic heterocycles. The third-order valence-corrected chi connectivity index (χ3v) is 3.03. The highest BCUT2D eigenvalue weighted by Gasteiger charge is 2.12. The maximum atomic E-state index is 11.9. The van der Waals surface area contributed by atoms with E-state index in [4.69, 9.17) is 14.2 Å². The lowest BCUT2D eigenvalue weighted by Crippen LogP contribution is -2.19. The van der Waals surface area contributed by atoms with Gasteiger partial charge in [-0.3, -0.25) is 0 Å². The summed E-state index contributed by atoms with van der Waals surface area (Å²) >= 11 is 0. The molecule has 0 aliphatic rings. The molecular weight excluding hydrogens is 308 g/mol. The molecule has 2 rings (SSSR count). The second kappa shape index (κ2) is 8.72. The van der Waals surface area contributed by atoms with Gasteiger partial charge in [-0.25, -0.2) is 9.59 Å². The summed E-state index contributed by atoms with van der Waals surface area (Å²) in [4.78, 5) is 23.2. The monoisotopic (exact) mass is 328 g/mol. The molecule has 0 spiro atoms. The quantitative estimate of drug-likeness (QED) is 0.729. The zero-order valence-corrected chi connectivity index (χ0v) is 13.7. The van der Waals surface area contributed by atoms with Crippen LogP contribution in [0.15, 0.2) is 54.6 Å². The minimum atomic E-state index is -0.564. The van der Waals surface area contributed by atoms with E-state index in [1.807, 2.05) is 30.3 Å². The summed E-state index contributed by atoms with van der Waals surface area (Å²) in [7, 11) is 0. The molecule has 0 unspecified atom stereocenters. The van der Waals surface area contributed by atoms with Gasteiger partial charge in [-0.1, -0.05) is 30.3 Å². The van der Waals surface area contributed by atoms with Crippen LogP contribution < -0.4 is 4.74 Å². The van der Waals surface area contributed by atoms with Gasteiger partial charge in [-0.15, -0.1) is 0 Å². The highest BCUT2D eigenvalue weighted by atomic mass is 16.6. The van der Waals surface area contributed by atoms with Gasteiger partial charge in [-0.2, -0.15) is 0 Å². The standard InChI is InChI=1S/C19H20O5/c1-14(2)24-18(20)13-23-19(21)16-10-8-15(9-11-16)12-22-17-6-4-3-5-7-17/h3-11,14H,12-13H2,1-2H3. The van der Waals surface area contributed by atoms with Crippen molar-refractivity contribution in [2.24, 2.45) is 0 Å². The molecule has 0 atom stereocenters. The highest BCUT2D eigenvalue weighted by Crippen LogP contribution is 2.12. The van der Waals surface area contributed by atoms with Crippen molar-refractivity contribution in [1.82, 2.24) is 0 Å². The van der Waals surface area contributed by atoms with Crippen molar-refractivity contribution in [3.05, 3.63) is 65.7 Å². The Hall–Kier alpha value is -2.82. The van der Waals surface area contributed by atoms with Crippen LogP contribution in [-0.2, 0) is 20.9 Å². The van der Waals surface area contributed by atoms with E-state index in [9.17, 15) is 9.59 Å². The number of benzene rings is 2. The first-order chi connectivity index (χ1) is 11.5. The van der Waals surface area contributed by atoms with Crippen molar-refractivity contribution >= 4 is 11.9 Å². The lowest BCUT2D eigenvalue weighted by molar-refractivity contribution is -0.150. The molecule has 126 valence electrons. The molecular formula is C19H20O5. The van der Waals surface area contributed by atoms with Crippen LogP contribution in [0.3, 0.4) is 0 Å². The lowest BCUT2D eigenvalue weighted by atomic mass is 10.1. The third kappa shape index (κ3) is 5.76. The fourth-order valence-corrected chi connectivity index (χ4v) is 1.93. The molecule has 24 heavy (non-hydrogen) atoms. The van der Waals surface area contributed by atoms with Crippen LogP contribution in [0, 0.1) is 0 Å². The van der Waals surface area contributed by atoms with E-state index < -0.39 is 18.5 Å². The number of hydrogen-bond donors (Lipinski definition) is 0. The number of hydrogen-bond acceptors (Lipinski definition) is 5. The van der Waals surface area contributed by atoms with Gasteiger partial charge in [0.15, 0.2) is 6.61 Å². The van der Waals surface area contributed by atoms with E-state index in [1.165, 1.54) is 0 Å². The first-order valence-corrected chi connectivity index (χ1v) is 7.68. The van der Waals surface area contributed by atoms with Crippen LogP contribution in [0.1, 0.15) is 29.8 Å². The minimum absolute atomic E-state index is 0.236. The average Bonchev–Trinajstić information content (AvgIpc) is 2.58. The largest absolute Gasteiger partial charge is 0.489 e. The summed E-state index contributed by atoms with van der Waals surface area (Å²) in [6, 6.07) is 16.3. The summed E-state index contributed by atoms with van der Waals surface area (Å²) in [5.74, 6) is -0.345. The van der Waals surface area contributed by atoms with Crippen molar-refractivity contribution in [3.8, 4) is 5.75 Å². The Morgan fingerprint density at radius 3 is 2.25 bits per heavy atom. The molecule has 2 aromatic rings. The van der Waals surface area contributed by atoms with Crippen LogP contribution in [-0.4, -0.2) is 24.6 Å². The van der Waals surface area contributed by atoms with E-state index >= 15 is 0 Å². The van der Waals surface area contributed by atoms with Gasteiger partial charge in [0.2, 0.25) is 0 Å². The zero-order chi connectivity index (χ0) is 17.4. The van der Waals surface area contributed by atoms with E-state index in [1.54, 1.807) is 38.1 Å². The topological polar surface area (TPSA) is 61.8 Å². The molecule has 0 fully saturated rings. The molecule has 0 saturated heterocycles. The van der Waals surface area contributed by atoms with E-state index in [-0.39, 0.29) is 6.10 Å². The number of esters is 2. The molecule has 2 aromatic carbocycles. The zero-order valence-electron chi connectivity index (χ0n) is 13.7.